The van der Waals surface area contributed by atoms with Gasteiger partial charge < -0.3 is 0 Å². The minimum Gasteiger partial charge on any atom is -0.288 e. The Morgan fingerprint density at radius 3 is 2.80 bits per heavy atom. The molecule has 0 amide bonds. The van der Waals surface area contributed by atoms with Crippen LogP contribution < -0.4 is 0 Å². The van der Waals surface area contributed by atoms with Gasteiger partial charge in [-0.1, -0.05) is 24.3 Å². The maximum atomic E-state index is 4.63. The molecule has 0 unspecified atom stereocenters. The number of pyridine rings is 1. The summed E-state index contributed by atoms with van der Waals surface area (Å²) in [6.45, 7) is 0.962. The first-order valence-corrected chi connectivity index (χ1v) is 5.33. The van der Waals surface area contributed by atoms with Gasteiger partial charge in [0.05, 0.1) is 16.9 Å². The second-order valence-electron chi connectivity index (χ2n) is 3.82. The number of hydrogen-bond acceptors (Lipinski definition) is 2. The van der Waals surface area contributed by atoms with Gasteiger partial charge in [0.15, 0.2) is 0 Å². The highest BCUT2D eigenvalue weighted by Crippen LogP contribution is 2.16. The molecule has 74 valence electrons. The first-order valence-electron chi connectivity index (χ1n) is 5.33. The molecule has 1 aromatic heterocycles. The van der Waals surface area contributed by atoms with Gasteiger partial charge in [0, 0.05) is 11.9 Å². The Balaban J connectivity index is 2.13. The molecule has 2 aromatic rings. The van der Waals surface area contributed by atoms with Gasteiger partial charge >= 0.3 is 0 Å². The lowest BCUT2D eigenvalue weighted by Gasteiger charge is -2.01. The minimum atomic E-state index is 0.962. The summed E-state index contributed by atoms with van der Waals surface area (Å²) in [6, 6.07) is 12.4. The van der Waals surface area contributed by atoms with E-state index in [9.17, 15) is 0 Å². The van der Waals surface area contributed by atoms with E-state index in [1.165, 1.54) is 17.5 Å². The number of aromatic nitrogens is 1. The number of hydrogen-bond donors (Lipinski definition) is 0. The van der Waals surface area contributed by atoms with Crippen LogP contribution in [0.2, 0.25) is 0 Å². The van der Waals surface area contributed by atoms with Crippen LogP contribution in [0.4, 0.5) is 0 Å². The molecule has 0 saturated carbocycles. The zero-order valence-corrected chi connectivity index (χ0v) is 8.48. The molecule has 0 N–H and O–H groups in total. The molecule has 0 fully saturated rings. The number of para-hydroxylation sites is 1. The standard InChI is InChI=1S/C13H12N2/c1-2-5-11-10(4-1)7-8-13(15-11)12-6-3-9-14-12/h1-2,4-5,7-8H,3,6,9H2. The monoisotopic (exact) mass is 196 g/mol. The van der Waals surface area contributed by atoms with E-state index in [2.05, 4.69) is 28.2 Å². The van der Waals surface area contributed by atoms with E-state index in [0.717, 1.165) is 24.2 Å². The van der Waals surface area contributed by atoms with Crippen molar-refractivity contribution in [1.29, 1.82) is 0 Å². The first kappa shape index (κ1) is 8.60. The van der Waals surface area contributed by atoms with Crippen LogP contribution in [-0.2, 0) is 0 Å². The second kappa shape index (κ2) is 3.46. The van der Waals surface area contributed by atoms with Crippen molar-refractivity contribution in [3.05, 3.63) is 42.1 Å². The number of benzene rings is 1. The normalized spacial score (nSPS) is 15.6. The molecule has 1 aliphatic heterocycles. The van der Waals surface area contributed by atoms with Gasteiger partial charge in [-0.2, -0.15) is 0 Å². The predicted octanol–water partition coefficient (Wildman–Crippen LogP) is 2.82. The maximum Gasteiger partial charge on any atom is 0.0847 e. The molecule has 0 spiro atoms. The maximum absolute atomic E-state index is 4.63. The van der Waals surface area contributed by atoms with E-state index >= 15 is 0 Å². The summed E-state index contributed by atoms with van der Waals surface area (Å²) in [5.41, 5.74) is 3.27. The topological polar surface area (TPSA) is 25.2 Å². The average molecular weight is 196 g/mol. The Kier molecular flexibility index (Phi) is 1.98. The Morgan fingerprint density at radius 1 is 1.00 bits per heavy atom. The van der Waals surface area contributed by atoms with Crippen molar-refractivity contribution >= 4 is 16.6 Å². The molecule has 2 heterocycles. The quantitative estimate of drug-likeness (QED) is 0.688. The van der Waals surface area contributed by atoms with E-state index in [1.54, 1.807) is 0 Å². The fourth-order valence-corrected chi connectivity index (χ4v) is 1.98. The molecule has 0 atom stereocenters. The lowest BCUT2D eigenvalue weighted by atomic mass is 10.1. The third kappa shape index (κ3) is 1.52. The third-order valence-corrected chi connectivity index (χ3v) is 2.77. The smallest absolute Gasteiger partial charge is 0.0847 e. The van der Waals surface area contributed by atoms with Crippen LogP contribution >= 0.6 is 0 Å². The molecular formula is C13H12N2. The Bertz CT molecular complexity index is 529. The molecule has 0 radical (unpaired) electrons. The largest absolute Gasteiger partial charge is 0.288 e. The van der Waals surface area contributed by atoms with Gasteiger partial charge in [-0.3, -0.25) is 4.99 Å². The van der Waals surface area contributed by atoms with Gasteiger partial charge in [0.1, 0.15) is 0 Å². The number of fused-ring (bicyclic) bond motifs is 1. The lowest BCUT2D eigenvalue weighted by molar-refractivity contribution is 0.951. The first-order chi connectivity index (χ1) is 7.43. The van der Waals surface area contributed by atoms with E-state index in [0.29, 0.717) is 0 Å². The summed E-state index contributed by atoms with van der Waals surface area (Å²) in [5.74, 6) is 0. The van der Waals surface area contributed by atoms with Crippen molar-refractivity contribution in [3.8, 4) is 0 Å². The minimum absolute atomic E-state index is 0.962. The Labute approximate surface area is 88.7 Å². The number of aliphatic imine (C=N–C) groups is 1. The molecule has 0 aliphatic carbocycles. The SMILES string of the molecule is c1ccc2nc(C3=NCCC3)ccc2c1. The molecule has 0 bridgehead atoms. The lowest BCUT2D eigenvalue weighted by Crippen LogP contribution is -1.99. The van der Waals surface area contributed by atoms with Crippen LogP contribution in [0.15, 0.2) is 41.4 Å². The highest BCUT2D eigenvalue weighted by atomic mass is 14.8. The highest BCUT2D eigenvalue weighted by Gasteiger charge is 2.10. The van der Waals surface area contributed by atoms with Crippen molar-refractivity contribution in [3.63, 3.8) is 0 Å². The van der Waals surface area contributed by atoms with Gasteiger partial charge in [-0.05, 0) is 25.0 Å². The summed E-state index contributed by atoms with van der Waals surface area (Å²) in [4.78, 5) is 9.09. The molecule has 0 saturated heterocycles. The zero-order valence-electron chi connectivity index (χ0n) is 8.48. The van der Waals surface area contributed by atoms with Crippen molar-refractivity contribution in [1.82, 2.24) is 4.98 Å². The molecular weight excluding hydrogens is 184 g/mol. The summed E-state index contributed by atoms with van der Waals surface area (Å²) < 4.78 is 0. The fourth-order valence-electron chi connectivity index (χ4n) is 1.98. The summed E-state index contributed by atoms with van der Waals surface area (Å²) in [5, 5.41) is 1.19. The van der Waals surface area contributed by atoms with Crippen LogP contribution in [-0.4, -0.2) is 17.2 Å². The summed E-state index contributed by atoms with van der Waals surface area (Å²) >= 11 is 0. The van der Waals surface area contributed by atoms with Crippen molar-refractivity contribution in [2.24, 2.45) is 4.99 Å². The fraction of sp³-hybridized carbons (Fsp3) is 0.231. The second-order valence-corrected chi connectivity index (χ2v) is 3.82. The van der Waals surface area contributed by atoms with E-state index in [-0.39, 0.29) is 0 Å². The van der Waals surface area contributed by atoms with Crippen LogP contribution in [0.25, 0.3) is 10.9 Å². The summed E-state index contributed by atoms with van der Waals surface area (Å²) in [6.07, 6.45) is 2.25. The van der Waals surface area contributed by atoms with Gasteiger partial charge in [0.2, 0.25) is 0 Å². The molecule has 1 aliphatic rings. The van der Waals surface area contributed by atoms with E-state index in [4.69, 9.17) is 0 Å². The zero-order chi connectivity index (χ0) is 10.1. The number of rotatable bonds is 1. The van der Waals surface area contributed by atoms with Gasteiger partial charge in [0.25, 0.3) is 0 Å². The van der Waals surface area contributed by atoms with Crippen LogP contribution in [0.1, 0.15) is 18.5 Å². The van der Waals surface area contributed by atoms with Gasteiger partial charge in [-0.15, -0.1) is 0 Å². The van der Waals surface area contributed by atoms with Gasteiger partial charge in [-0.25, -0.2) is 4.98 Å². The van der Waals surface area contributed by atoms with Crippen LogP contribution in [0, 0.1) is 0 Å². The predicted molar refractivity (Wildman–Crippen MR) is 62.4 cm³/mol. The van der Waals surface area contributed by atoms with Crippen LogP contribution in [0.3, 0.4) is 0 Å². The van der Waals surface area contributed by atoms with E-state index < -0.39 is 0 Å². The van der Waals surface area contributed by atoms with Crippen molar-refractivity contribution in [2.45, 2.75) is 12.8 Å². The third-order valence-electron chi connectivity index (χ3n) is 2.77. The average Bonchev–Trinajstić information content (AvgIpc) is 2.82. The molecule has 2 heteroatoms. The highest BCUT2D eigenvalue weighted by molar-refractivity contribution is 6.01. The molecule has 2 nitrogen and oxygen atoms in total. The molecule has 1 aromatic carbocycles. The van der Waals surface area contributed by atoms with Crippen molar-refractivity contribution in [2.75, 3.05) is 6.54 Å². The molecule has 15 heavy (non-hydrogen) atoms. The molecule has 3 rings (SSSR count). The number of nitrogens with zero attached hydrogens (tertiary/aromatic N) is 2. The van der Waals surface area contributed by atoms with E-state index in [1.807, 2.05) is 18.2 Å². The van der Waals surface area contributed by atoms with Crippen LogP contribution in [0.5, 0.6) is 0 Å². The summed E-state index contributed by atoms with van der Waals surface area (Å²) in [7, 11) is 0. The van der Waals surface area contributed by atoms with Crippen molar-refractivity contribution < 1.29 is 0 Å². The Morgan fingerprint density at radius 2 is 1.93 bits per heavy atom. The Hall–Kier alpha value is -1.70.